The van der Waals surface area contributed by atoms with Crippen LogP contribution in [0, 0.1) is 6.92 Å². The molecule has 0 atom stereocenters. The van der Waals surface area contributed by atoms with Crippen molar-refractivity contribution < 1.29 is 14.2 Å². The van der Waals surface area contributed by atoms with Crippen molar-refractivity contribution in [1.82, 2.24) is 29.6 Å². The second-order valence-corrected chi connectivity index (χ2v) is 10.4. The maximum absolute atomic E-state index is 14.2. The number of hydrogen-bond acceptors (Lipinski definition) is 10. The molecule has 1 fully saturated rings. The van der Waals surface area contributed by atoms with Gasteiger partial charge in [0.25, 0.3) is 5.56 Å². The first-order valence-corrected chi connectivity index (χ1v) is 14.6. The summed E-state index contributed by atoms with van der Waals surface area (Å²) >= 11 is 0. The van der Waals surface area contributed by atoms with Gasteiger partial charge in [0.15, 0.2) is 11.4 Å². The quantitative estimate of drug-likeness (QED) is 0.244. The van der Waals surface area contributed by atoms with E-state index in [4.69, 9.17) is 19.2 Å². The van der Waals surface area contributed by atoms with Gasteiger partial charge >= 0.3 is 0 Å². The average Bonchev–Trinajstić information content (AvgIpc) is 3.54. The predicted octanol–water partition coefficient (Wildman–Crippen LogP) is 5.15. The Kier molecular flexibility index (Phi) is 9.16. The molecule has 0 aliphatic heterocycles. The highest BCUT2D eigenvalue weighted by molar-refractivity contribution is 5.84. The zero-order chi connectivity index (χ0) is 29.6. The average molecular weight is 574 g/mol. The normalized spacial score (nSPS) is 13.6. The molecule has 0 radical (unpaired) electrons. The fourth-order valence-corrected chi connectivity index (χ4v) is 5.58. The minimum Gasteiger partial charge on any atom is -0.494 e. The van der Waals surface area contributed by atoms with Crippen molar-refractivity contribution in [2.75, 3.05) is 45.8 Å². The Morgan fingerprint density at radius 3 is 2.45 bits per heavy atom. The molecule has 11 heteroatoms. The first-order chi connectivity index (χ1) is 20.5. The van der Waals surface area contributed by atoms with Crippen LogP contribution in [0.25, 0.3) is 22.3 Å². The number of methoxy groups -OCH3 is 2. The molecule has 222 valence electrons. The van der Waals surface area contributed by atoms with Gasteiger partial charge in [-0.05, 0) is 63.2 Å². The molecule has 1 aliphatic carbocycles. The van der Waals surface area contributed by atoms with Crippen LogP contribution in [0.3, 0.4) is 0 Å². The Hall–Kier alpha value is -4.25. The maximum atomic E-state index is 14.2. The van der Waals surface area contributed by atoms with E-state index in [1.54, 1.807) is 31.0 Å². The van der Waals surface area contributed by atoms with Crippen molar-refractivity contribution >= 4 is 22.8 Å². The van der Waals surface area contributed by atoms with E-state index in [0.717, 1.165) is 56.8 Å². The summed E-state index contributed by atoms with van der Waals surface area (Å²) in [5.41, 5.74) is 3.25. The van der Waals surface area contributed by atoms with Gasteiger partial charge in [-0.1, -0.05) is 26.7 Å². The lowest BCUT2D eigenvalue weighted by Gasteiger charge is -2.20. The highest BCUT2D eigenvalue weighted by Gasteiger charge is 2.27. The number of ether oxygens (including phenoxy) is 3. The molecule has 0 saturated heterocycles. The van der Waals surface area contributed by atoms with E-state index in [2.05, 4.69) is 39.2 Å². The van der Waals surface area contributed by atoms with Gasteiger partial charge in [-0.3, -0.25) is 14.3 Å². The molecule has 1 aromatic carbocycles. The molecule has 0 spiro atoms. The number of rotatable bonds is 12. The molecular formula is C31H39N7O4. The molecule has 1 saturated carbocycles. The molecule has 0 amide bonds. The van der Waals surface area contributed by atoms with Crippen LogP contribution in [0.15, 0.2) is 41.3 Å². The number of anilines is 2. The van der Waals surface area contributed by atoms with E-state index in [1.165, 1.54) is 0 Å². The zero-order valence-corrected chi connectivity index (χ0v) is 25.0. The van der Waals surface area contributed by atoms with Crippen LogP contribution >= 0.6 is 0 Å². The number of fused-ring (bicyclic) bond motifs is 1. The van der Waals surface area contributed by atoms with E-state index in [-0.39, 0.29) is 11.6 Å². The van der Waals surface area contributed by atoms with Crippen LogP contribution < -0.4 is 25.1 Å². The summed E-state index contributed by atoms with van der Waals surface area (Å²) in [5, 5.41) is 12.1. The van der Waals surface area contributed by atoms with Gasteiger partial charge in [0.1, 0.15) is 23.6 Å². The van der Waals surface area contributed by atoms with Crippen molar-refractivity contribution in [2.24, 2.45) is 0 Å². The van der Waals surface area contributed by atoms with Crippen LogP contribution in [0.5, 0.6) is 17.2 Å². The lowest BCUT2D eigenvalue weighted by atomic mass is 10.0. The van der Waals surface area contributed by atoms with E-state index < -0.39 is 0 Å². The summed E-state index contributed by atoms with van der Waals surface area (Å²) in [6.07, 6.45) is 5.50. The van der Waals surface area contributed by atoms with Gasteiger partial charge in [0, 0.05) is 18.3 Å². The molecule has 1 aliphatic rings. The van der Waals surface area contributed by atoms with Crippen LogP contribution in [-0.2, 0) is 0 Å². The van der Waals surface area contributed by atoms with Gasteiger partial charge in [-0.15, -0.1) is 10.2 Å². The van der Waals surface area contributed by atoms with E-state index >= 15 is 0 Å². The van der Waals surface area contributed by atoms with Crippen molar-refractivity contribution in [3.8, 4) is 28.4 Å². The van der Waals surface area contributed by atoms with Crippen LogP contribution in [0.1, 0.15) is 51.3 Å². The molecule has 0 bridgehead atoms. The Balaban J connectivity index is 1.49. The Bertz CT molecular complexity index is 1580. The predicted molar refractivity (Wildman–Crippen MR) is 163 cm³/mol. The SMILES string of the molecule is CCN(CC)CCOc1ccc(Nc2nnc3cc(-c4c(OC)cnc(C)c4OC)c(=O)n(C4CCCC4)c3n2)cc1. The van der Waals surface area contributed by atoms with Crippen LogP contribution in [0.2, 0.25) is 0 Å². The second kappa shape index (κ2) is 13.2. The van der Waals surface area contributed by atoms with Crippen molar-refractivity contribution in [3.05, 3.63) is 52.6 Å². The van der Waals surface area contributed by atoms with Gasteiger partial charge in [0.2, 0.25) is 5.95 Å². The summed E-state index contributed by atoms with van der Waals surface area (Å²) in [5.74, 6) is 2.05. The molecule has 42 heavy (non-hydrogen) atoms. The number of likely N-dealkylation sites (N-methyl/N-ethyl adjacent to an activating group) is 1. The Morgan fingerprint density at radius 2 is 1.79 bits per heavy atom. The minimum atomic E-state index is -0.172. The standard InChI is InChI=1S/C31H39N7O4/c1-6-37(7-2)16-17-42-23-14-12-21(13-15-23)33-31-34-29-25(35-36-31)18-24(30(39)38(29)22-10-8-9-11-22)27-26(40-4)19-32-20(3)28(27)41-5/h12-15,18-19,22H,6-11,16-17H2,1-5H3,(H,33,34,36). The minimum absolute atomic E-state index is 0.0113. The summed E-state index contributed by atoms with van der Waals surface area (Å²) in [6.45, 7) is 9.65. The molecule has 0 unspecified atom stereocenters. The number of nitrogens with zero attached hydrogens (tertiary/aromatic N) is 6. The monoisotopic (exact) mass is 573 g/mol. The fourth-order valence-electron chi connectivity index (χ4n) is 5.58. The molecule has 11 nitrogen and oxygen atoms in total. The van der Waals surface area contributed by atoms with Crippen molar-refractivity contribution in [3.63, 3.8) is 0 Å². The van der Waals surface area contributed by atoms with Crippen LogP contribution in [-0.4, -0.2) is 70.1 Å². The van der Waals surface area contributed by atoms with Crippen LogP contribution in [0.4, 0.5) is 11.6 Å². The highest BCUT2D eigenvalue weighted by Crippen LogP contribution is 2.39. The molecule has 4 aromatic rings. The van der Waals surface area contributed by atoms with E-state index in [9.17, 15) is 4.79 Å². The number of nitrogens with one attached hydrogen (secondary N) is 1. The van der Waals surface area contributed by atoms with Gasteiger partial charge < -0.3 is 24.4 Å². The first kappa shape index (κ1) is 29.2. The topological polar surface area (TPSA) is 117 Å². The number of pyridine rings is 2. The van der Waals surface area contributed by atoms with E-state index in [1.807, 2.05) is 31.2 Å². The lowest BCUT2D eigenvalue weighted by Crippen LogP contribution is -2.27. The second-order valence-electron chi connectivity index (χ2n) is 10.4. The lowest BCUT2D eigenvalue weighted by molar-refractivity contribution is 0.223. The molecule has 1 N–H and O–H groups in total. The van der Waals surface area contributed by atoms with Gasteiger partial charge in [-0.25, -0.2) is 0 Å². The molecule has 3 heterocycles. The molecule has 3 aromatic heterocycles. The van der Waals surface area contributed by atoms with Crippen molar-refractivity contribution in [1.29, 1.82) is 0 Å². The third kappa shape index (κ3) is 6.01. The maximum Gasteiger partial charge on any atom is 0.260 e. The largest absolute Gasteiger partial charge is 0.494 e. The van der Waals surface area contributed by atoms with Gasteiger partial charge in [0.05, 0.1) is 37.2 Å². The number of aryl methyl sites for hydroxylation is 1. The zero-order valence-electron chi connectivity index (χ0n) is 25.0. The number of aromatic nitrogens is 5. The smallest absolute Gasteiger partial charge is 0.260 e. The fraction of sp³-hybridized carbons (Fsp3) is 0.452. The van der Waals surface area contributed by atoms with Crippen molar-refractivity contribution in [2.45, 2.75) is 52.5 Å². The Labute approximate surface area is 245 Å². The number of hydrogen-bond donors (Lipinski definition) is 1. The highest BCUT2D eigenvalue weighted by atomic mass is 16.5. The molecule has 5 rings (SSSR count). The molecular weight excluding hydrogens is 534 g/mol. The third-order valence-electron chi connectivity index (χ3n) is 7.89. The Morgan fingerprint density at radius 1 is 1.05 bits per heavy atom. The summed E-state index contributed by atoms with van der Waals surface area (Å²) < 4.78 is 19.0. The first-order valence-electron chi connectivity index (χ1n) is 14.6. The third-order valence-corrected chi connectivity index (χ3v) is 7.89. The van der Waals surface area contributed by atoms with E-state index in [0.29, 0.717) is 52.0 Å². The summed E-state index contributed by atoms with van der Waals surface area (Å²) in [4.78, 5) is 25.7. The number of benzene rings is 1. The van der Waals surface area contributed by atoms with Gasteiger partial charge in [-0.2, -0.15) is 4.98 Å². The summed E-state index contributed by atoms with van der Waals surface area (Å²) in [7, 11) is 3.12. The summed E-state index contributed by atoms with van der Waals surface area (Å²) in [6, 6.07) is 9.39.